The van der Waals surface area contributed by atoms with E-state index in [2.05, 4.69) is 4.98 Å². The molecule has 1 unspecified atom stereocenters. The molecule has 1 aliphatic rings. The first-order chi connectivity index (χ1) is 8.24. The summed E-state index contributed by atoms with van der Waals surface area (Å²) >= 11 is 0. The van der Waals surface area contributed by atoms with E-state index in [-0.39, 0.29) is 5.91 Å². The Morgan fingerprint density at radius 1 is 1.47 bits per heavy atom. The van der Waals surface area contributed by atoms with Crippen LogP contribution in [0.3, 0.4) is 0 Å². The molecule has 1 aromatic heterocycles. The largest absolute Gasteiger partial charge is 0.325 e. The average molecular weight is 235 g/mol. The second-order valence-electron chi connectivity index (χ2n) is 3.85. The summed E-state index contributed by atoms with van der Waals surface area (Å²) < 4.78 is 0. The molecule has 1 fully saturated rings. The number of amides is 2. The number of aromatic nitrogens is 1. The van der Waals surface area contributed by atoms with Crippen molar-refractivity contribution in [3.8, 4) is 0 Å². The number of hydroxylamine groups is 1. The highest BCUT2D eigenvalue weighted by atomic mass is 16.5. The lowest BCUT2D eigenvalue weighted by Gasteiger charge is -2.22. The maximum absolute atomic E-state index is 12.1. The Hall–Kier alpha value is -1.95. The summed E-state index contributed by atoms with van der Waals surface area (Å²) in [6.45, 7) is 0.507. The zero-order valence-electron chi connectivity index (χ0n) is 9.17. The fraction of sp³-hybridized carbons (Fsp3) is 0.364. The number of nitrogens with one attached hydrogen (secondary N) is 1. The van der Waals surface area contributed by atoms with Gasteiger partial charge in [0.15, 0.2) is 0 Å². The van der Waals surface area contributed by atoms with Crippen LogP contribution in [0, 0.1) is 0 Å². The highest BCUT2D eigenvalue weighted by Crippen LogP contribution is 2.19. The van der Waals surface area contributed by atoms with Gasteiger partial charge in [-0.15, -0.1) is 0 Å². The van der Waals surface area contributed by atoms with Crippen LogP contribution < -0.4 is 5.48 Å². The van der Waals surface area contributed by atoms with Crippen LogP contribution in [-0.2, 0) is 4.79 Å². The number of hydrogen-bond donors (Lipinski definition) is 2. The summed E-state index contributed by atoms with van der Waals surface area (Å²) in [5, 5.41) is 8.61. The number of nitrogens with zero attached hydrogens (tertiary/aromatic N) is 2. The van der Waals surface area contributed by atoms with Gasteiger partial charge in [-0.2, -0.15) is 0 Å². The van der Waals surface area contributed by atoms with Crippen molar-refractivity contribution in [3.63, 3.8) is 0 Å². The Bertz CT molecular complexity index is 421. The van der Waals surface area contributed by atoms with E-state index in [1.165, 1.54) is 11.1 Å². The summed E-state index contributed by atoms with van der Waals surface area (Å²) in [4.78, 5) is 28.9. The summed E-state index contributed by atoms with van der Waals surface area (Å²) in [6.07, 6.45) is 2.84. The third-order valence-electron chi connectivity index (χ3n) is 2.81. The van der Waals surface area contributed by atoms with Gasteiger partial charge in [0.2, 0.25) is 0 Å². The van der Waals surface area contributed by atoms with Crippen LogP contribution in [0.5, 0.6) is 0 Å². The molecule has 0 aliphatic carbocycles. The van der Waals surface area contributed by atoms with Crippen molar-refractivity contribution in [2.75, 3.05) is 6.54 Å². The van der Waals surface area contributed by atoms with Crippen molar-refractivity contribution in [3.05, 3.63) is 30.1 Å². The SMILES string of the molecule is O=C(NO)C1CCCN1C(=O)c1ccccn1. The third kappa shape index (κ3) is 2.26. The minimum absolute atomic E-state index is 0.281. The molecule has 0 radical (unpaired) electrons. The Morgan fingerprint density at radius 2 is 2.29 bits per heavy atom. The molecule has 1 aromatic rings. The fourth-order valence-corrected chi connectivity index (χ4v) is 1.99. The standard InChI is InChI=1S/C11H13N3O3/c15-10(13-17)9-5-3-7-14(9)11(16)8-4-1-2-6-12-8/h1-2,4,6,9,17H,3,5,7H2,(H,13,15). The first-order valence-corrected chi connectivity index (χ1v) is 5.40. The zero-order valence-corrected chi connectivity index (χ0v) is 9.17. The highest BCUT2D eigenvalue weighted by molar-refractivity contribution is 5.96. The summed E-state index contributed by atoms with van der Waals surface area (Å²) in [7, 11) is 0. The van der Waals surface area contributed by atoms with Gasteiger partial charge in [-0.05, 0) is 25.0 Å². The van der Waals surface area contributed by atoms with E-state index in [1.54, 1.807) is 23.7 Å². The minimum Gasteiger partial charge on any atom is -0.325 e. The number of hydrogen-bond acceptors (Lipinski definition) is 4. The molecule has 0 bridgehead atoms. The Labute approximate surface area is 98.2 Å². The van der Waals surface area contributed by atoms with Crippen molar-refractivity contribution in [1.82, 2.24) is 15.4 Å². The molecule has 1 atom stereocenters. The van der Waals surface area contributed by atoms with E-state index in [4.69, 9.17) is 5.21 Å². The minimum atomic E-state index is -0.602. The van der Waals surface area contributed by atoms with Crippen LogP contribution in [-0.4, -0.2) is 39.5 Å². The van der Waals surface area contributed by atoms with Gasteiger partial charge in [0.25, 0.3) is 11.8 Å². The van der Waals surface area contributed by atoms with E-state index in [0.29, 0.717) is 18.7 Å². The van der Waals surface area contributed by atoms with Gasteiger partial charge in [-0.3, -0.25) is 19.8 Å². The van der Waals surface area contributed by atoms with Crippen LogP contribution >= 0.6 is 0 Å². The highest BCUT2D eigenvalue weighted by Gasteiger charge is 2.34. The van der Waals surface area contributed by atoms with E-state index in [9.17, 15) is 9.59 Å². The third-order valence-corrected chi connectivity index (χ3v) is 2.81. The van der Waals surface area contributed by atoms with Gasteiger partial charge in [-0.25, -0.2) is 5.48 Å². The maximum Gasteiger partial charge on any atom is 0.273 e. The number of carbonyl (C=O) groups is 2. The topological polar surface area (TPSA) is 82.5 Å². The molecule has 90 valence electrons. The first kappa shape index (κ1) is 11.5. The second-order valence-corrected chi connectivity index (χ2v) is 3.85. The second kappa shape index (κ2) is 4.92. The molecule has 0 spiro atoms. The smallest absolute Gasteiger partial charge is 0.273 e. The molecule has 2 heterocycles. The normalized spacial score (nSPS) is 19.1. The van der Waals surface area contributed by atoms with E-state index >= 15 is 0 Å². The summed E-state index contributed by atoms with van der Waals surface area (Å²) in [5.41, 5.74) is 1.90. The maximum atomic E-state index is 12.1. The monoisotopic (exact) mass is 235 g/mol. The van der Waals surface area contributed by atoms with Crippen molar-refractivity contribution in [2.45, 2.75) is 18.9 Å². The van der Waals surface area contributed by atoms with Crippen LogP contribution in [0.2, 0.25) is 0 Å². The molecule has 17 heavy (non-hydrogen) atoms. The van der Waals surface area contributed by atoms with Gasteiger partial charge in [0, 0.05) is 12.7 Å². The van der Waals surface area contributed by atoms with Crippen LogP contribution in [0.1, 0.15) is 23.3 Å². The van der Waals surface area contributed by atoms with Crippen LogP contribution in [0.25, 0.3) is 0 Å². The van der Waals surface area contributed by atoms with E-state index in [1.807, 2.05) is 0 Å². The van der Waals surface area contributed by atoms with Crippen LogP contribution in [0.4, 0.5) is 0 Å². The zero-order chi connectivity index (χ0) is 12.3. The van der Waals surface area contributed by atoms with Crippen molar-refractivity contribution in [2.24, 2.45) is 0 Å². The predicted octanol–water partition coefficient (Wildman–Crippen LogP) is 0.192. The number of likely N-dealkylation sites (tertiary alicyclic amines) is 1. The molecule has 0 aromatic carbocycles. The Morgan fingerprint density at radius 3 is 2.94 bits per heavy atom. The van der Waals surface area contributed by atoms with Crippen LogP contribution in [0.15, 0.2) is 24.4 Å². The van der Waals surface area contributed by atoms with Gasteiger partial charge in [0.1, 0.15) is 11.7 Å². The lowest BCUT2D eigenvalue weighted by atomic mass is 10.2. The Kier molecular flexibility index (Phi) is 3.34. The lowest BCUT2D eigenvalue weighted by Crippen LogP contribution is -2.45. The number of rotatable bonds is 2. The molecule has 1 aliphatic heterocycles. The molecule has 2 amide bonds. The summed E-state index contributed by atoms with van der Waals surface area (Å²) in [6, 6.07) is 4.44. The first-order valence-electron chi connectivity index (χ1n) is 5.40. The molecular formula is C11H13N3O3. The molecule has 6 heteroatoms. The molecule has 0 saturated carbocycles. The molecule has 1 saturated heterocycles. The van der Waals surface area contributed by atoms with Crippen molar-refractivity contribution < 1.29 is 14.8 Å². The van der Waals surface area contributed by atoms with Gasteiger partial charge in [0.05, 0.1) is 0 Å². The lowest BCUT2D eigenvalue weighted by molar-refractivity contribution is -0.133. The number of carbonyl (C=O) groups excluding carboxylic acids is 2. The quantitative estimate of drug-likeness (QED) is 0.566. The Balaban J connectivity index is 2.17. The predicted molar refractivity (Wildman–Crippen MR) is 58.2 cm³/mol. The molecule has 6 nitrogen and oxygen atoms in total. The molecule has 2 rings (SSSR count). The van der Waals surface area contributed by atoms with E-state index in [0.717, 1.165) is 6.42 Å². The number of pyridine rings is 1. The van der Waals surface area contributed by atoms with Gasteiger partial charge >= 0.3 is 0 Å². The van der Waals surface area contributed by atoms with Crippen molar-refractivity contribution >= 4 is 11.8 Å². The van der Waals surface area contributed by atoms with E-state index < -0.39 is 11.9 Å². The average Bonchev–Trinajstić information content (AvgIpc) is 2.87. The molecule has 2 N–H and O–H groups in total. The fourth-order valence-electron chi connectivity index (χ4n) is 1.99. The van der Waals surface area contributed by atoms with Gasteiger partial charge in [-0.1, -0.05) is 6.07 Å². The molecular weight excluding hydrogens is 222 g/mol. The van der Waals surface area contributed by atoms with Gasteiger partial charge < -0.3 is 4.90 Å². The van der Waals surface area contributed by atoms with Crippen molar-refractivity contribution in [1.29, 1.82) is 0 Å². The summed E-state index contributed by atoms with van der Waals surface area (Å²) in [5.74, 6) is -0.830.